The Morgan fingerprint density at radius 2 is 0.651 bits per heavy atom. The molecule has 0 radical (unpaired) electrons. The molecule has 0 spiro atoms. The molecule has 0 heterocycles. The first-order valence-corrected chi connectivity index (χ1v) is 33.3. The molecule has 0 bridgehead atoms. The van der Waals surface area contributed by atoms with Crippen LogP contribution < -0.4 is 5.11 Å². The van der Waals surface area contributed by atoms with Crippen molar-refractivity contribution in [1.29, 1.82) is 0 Å². The number of hydrogen-bond acceptors (Lipinski definition) is 8. The third kappa shape index (κ3) is 64.8. The predicted octanol–water partition coefficient (Wildman–Crippen LogP) is 19.2. The molecule has 9 nitrogen and oxygen atoms in total. The number of rotatable bonds is 60. The molecule has 0 aliphatic rings. The number of hydrogen-bond donors (Lipinski definition) is 0. The van der Waals surface area contributed by atoms with Crippen LogP contribution in [-0.2, 0) is 33.3 Å². The molecule has 0 aromatic rings. The fourth-order valence-corrected chi connectivity index (χ4v) is 8.86. The van der Waals surface area contributed by atoms with Gasteiger partial charge in [0.15, 0.2) is 12.4 Å². The molecule has 0 fully saturated rings. The van der Waals surface area contributed by atoms with Crippen LogP contribution in [-0.4, -0.2) is 82.3 Å². The maximum Gasteiger partial charge on any atom is 0.306 e. The first kappa shape index (κ1) is 78.4. The van der Waals surface area contributed by atoms with E-state index in [-0.39, 0.29) is 38.6 Å². The lowest BCUT2D eigenvalue weighted by molar-refractivity contribution is -0.870. The second kappa shape index (κ2) is 63.5. The van der Waals surface area contributed by atoms with Crippen molar-refractivity contribution in [3.05, 3.63) is 134 Å². The van der Waals surface area contributed by atoms with Gasteiger partial charge < -0.3 is 33.3 Å². The van der Waals surface area contributed by atoms with Crippen molar-refractivity contribution in [2.24, 2.45) is 0 Å². The van der Waals surface area contributed by atoms with Gasteiger partial charge in [-0.3, -0.25) is 9.59 Å². The van der Waals surface area contributed by atoms with Gasteiger partial charge in [-0.1, -0.05) is 270 Å². The number of carboxylic acid groups (broad SMARTS) is 1. The molecule has 9 heteroatoms. The fourth-order valence-electron chi connectivity index (χ4n) is 8.86. The van der Waals surface area contributed by atoms with Gasteiger partial charge in [-0.2, -0.15) is 0 Å². The summed E-state index contributed by atoms with van der Waals surface area (Å²) in [6.45, 7) is 4.48. The van der Waals surface area contributed by atoms with Crippen molar-refractivity contribution in [3.8, 4) is 0 Å². The predicted molar refractivity (Wildman–Crippen MR) is 352 cm³/mol. The van der Waals surface area contributed by atoms with Crippen LogP contribution >= 0.6 is 0 Å². The average Bonchev–Trinajstić information content (AvgIpc) is 3.46. The first-order valence-electron chi connectivity index (χ1n) is 33.3. The highest BCUT2D eigenvalue weighted by Crippen LogP contribution is 2.17. The molecular formula is C74H123NO8. The van der Waals surface area contributed by atoms with Crippen molar-refractivity contribution in [3.63, 3.8) is 0 Å². The number of likely N-dealkylation sites (N-methyl/N-ethyl adjacent to an activating group) is 1. The van der Waals surface area contributed by atoms with E-state index >= 15 is 0 Å². The van der Waals surface area contributed by atoms with Crippen LogP contribution in [0, 0.1) is 0 Å². The van der Waals surface area contributed by atoms with Crippen LogP contribution in [0.5, 0.6) is 0 Å². The zero-order chi connectivity index (χ0) is 60.5. The van der Waals surface area contributed by atoms with E-state index in [0.29, 0.717) is 17.4 Å². The highest BCUT2D eigenvalue weighted by Gasteiger charge is 2.22. The zero-order valence-corrected chi connectivity index (χ0v) is 53.8. The van der Waals surface area contributed by atoms with E-state index in [1.165, 1.54) is 116 Å². The Morgan fingerprint density at radius 1 is 0.361 bits per heavy atom. The van der Waals surface area contributed by atoms with E-state index in [9.17, 15) is 19.5 Å². The molecule has 0 amide bonds. The lowest BCUT2D eigenvalue weighted by Gasteiger charge is -2.26. The summed E-state index contributed by atoms with van der Waals surface area (Å²) in [5.41, 5.74) is 0. The Morgan fingerprint density at radius 3 is 0.976 bits per heavy atom. The minimum absolute atomic E-state index is 0.135. The van der Waals surface area contributed by atoms with Gasteiger partial charge in [0.25, 0.3) is 0 Å². The molecule has 2 unspecified atom stereocenters. The maximum atomic E-state index is 12.9. The van der Waals surface area contributed by atoms with Crippen molar-refractivity contribution in [1.82, 2.24) is 0 Å². The molecule has 0 aliphatic carbocycles. The third-order valence-corrected chi connectivity index (χ3v) is 13.9. The molecule has 83 heavy (non-hydrogen) atoms. The van der Waals surface area contributed by atoms with Gasteiger partial charge >= 0.3 is 11.9 Å². The van der Waals surface area contributed by atoms with Gasteiger partial charge in [0.1, 0.15) is 13.2 Å². The molecule has 0 aromatic heterocycles. The lowest BCUT2D eigenvalue weighted by atomic mass is 10.0. The number of unbranched alkanes of at least 4 members (excludes halogenated alkanes) is 23. The number of aliphatic carboxylic acids is 1. The van der Waals surface area contributed by atoms with E-state index in [0.717, 1.165) is 109 Å². The molecule has 0 N–H and O–H groups in total. The summed E-state index contributed by atoms with van der Waals surface area (Å²) in [7, 11) is 5.91. The van der Waals surface area contributed by atoms with Gasteiger partial charge in [-0.05, 0) is 109 Å². The number of carboxylic acids is 1. The molecule has 0 saturated heterocycles. The maximum absolute atomic E-state index is 12.9. The zero-order valence-electron chi connectivity index (χ0n) is 53.8. The number of ether oxygens (including phenoxy) is 4. The third-order valence-electron chi connectivity index (χ3n) is 13.9. The number of esters is 2. The minimum Gasteiger partial charge on any atom is -0.545 e. The van der Waals surface area contributed by atoms with Crippen LogP contribution in [0.3, 0.4) is 0 Å². The largest absolute Gasteiger partial charge is 0.545 e. The summed E-state index contributed by atoms with van der Waals surface area (Å²) in [6.07, 6.45) is 88.1. The van der Waals surface area contributed by atoms with Gasteiger partial charge in [-0.25, -0.2) is 0 Å². The second-order valence-corrected chi connectivity index (χ2v) is 23.0. The number of carbonyl (C=O) groups is 3. The topological polar surface area (TPSA) is 111 Å². The quantitative estimate of drug-likeness (QED) is 0.0195. The Bertz CT molecular complexity index is 1820. The van der Waals surface area contributed by atoms with Crippen LogP contribution in [0.15, 0.2) is 134 Å². The molecule has 2 atom stereocenters. The van der Waals surface area contributed by atoms with E-state index < -0.39 is 24.3 Å². The van der Waals surface area contributed by atoms with Crippen molar-refractivity contribution < 1.29 is 42.9 Å². The highest BCUT2D eigenvalue weighted by atomic mass is 16.7. The number of carbonyl (C=O) groups excluding carboxylic acids is 3. The van der Waals surface area contributed by atoms with E-state index in [1.807, 2.05) is 21.1 Å². The Hall–Kier alpha value is -4.57. The molecule has 472 valence electrons. The Labute approximate surface area is 509 Å². The molecule has 0 rings (SSSR count). The minimum atomic E-state index is -1.64. The smallest absolute Gasteiger partial charge is 0.306 e. The number of allylic oxidation sites excluding steroid dienone is 22. The van der Waals surface area contributed by atoms with E-state index in [4.69, 9.17) is 18.9 Å². The summed E-state index contributed by atoms with van der Waals surface area (Å²) in [5.74, 6) is -2.33. The van der Waals surface area contributed by atoms with Crippen LogP contribution in [0.4, 0.5) is 0 Å². The lowest BCUT2D eigenvalue weighted by Crippen LogP contribution is -2.44. The summed E-state index contributed by atoms with van der Waals surface area (Å²) in [6, 6.07) is 0. The molecular weight excluding hydrogens is 1030 g/mol. The Balaban J connectivity index is 4.18. The fraction of sp³-hybridized carbons (Fsp3) is 0.662. The standard InChI is InChI=1S/C74H123NO8/c1-6-8-10-12-14-16-18-20-22-24-26-28-30-32-33-34-35-36-37-38-39-41-42-44-46-48-50-52-54-56-58-60-62-64-71(76)81-68-70(69-82-74(73(78)79)80-67-66-75(3,4)5)83-72(77)65-63-61-59-57-55-53-51-49-47-45-43-40-31-29-27-25-23-21-19-17-15-13-11-9-7-2/h8-11,14-17,20-23,26-29,40,43,47,49,53,55,70,74H,6-7,12-13,18-19,24-25,30-39,41-42,44-46,48,50-52,54,56-69H2,1-5H3/b10-8-,11-9-,16-14-,17-15-,22-20-,23-21-,28-26-,29-27-,43-40-,49-47-,55-53-. The summed E-state index contributed by atoms with van der Waals surface area (Å²) in [5, 5.41) is 11.8. The van der Waals surface area contributed by atoms with Crippen molar-refractivity contribution in [2.75, 3.05) is 47.5 Å². The van der Waals surface area contributed by atoms with Crippen LogP contribution in [0.2, 0.25) is 0 Å². The van der Waals surface area contributed by atoms with Crippen molar-refractivity contribution in [2.45, 2.75) is 270 Å². The number of nitrogens with zero attached hydrogens (tertiary/aromatic N) is 1. The van der Waals surface area contributed by atoms with Crippen LogP contribution in [0.1, 0.15) is 258 Å². The van der Waals surface area contributed by atoms with Gasteiger partial charge in [-0.15, -0.1) is 0 Å². The summed E-state index contributed by atoms with van der Waals surface area (Å²) < 4.78 is 22.7. The summed E-state index contributed by atoms with van der Waals surface area (Å²) >= 11 is 0. The normalized spacial score (nSPS) is 13.6. The number of quaternary nitrogens is 1. The molecule has 0 aliphatic heterocycles. The van der Waals surface area contributed by atoms with E-state index in [1.54, 1.807) is 0 Å². The summed E-state index contributed by atoms with van der Waals surface area (Å²) in [4.78, 5) is 37.4. The molecule has 0 saturated carbocycles. The van der Waals surface area contributed by atoms with Gasteiger partial charge in [0.2, 0.25) is 0 Å². The second-order valence-electron chi connectivity index (χ2n) is 23.0. The average molecular weight is 1150 g/mol. The van der Waals surface area contributed by atoms with Crippen LogP contribution in [0.25, 0.3) is 0 Å². The van der Waals surface area contributed by atoms with E-state index in [2.05, 4.69) is 148 Å². The van der Waals surface area contributed by atoms with Gasteiger partial charge in [0, 0.05) is 12.8 Å². The van der Waals surface area contributed by atoms with Gasteiger partial charge in [0.05, 0.1) is 40.3 Å². The molecule has 0 aromatic carbocycles. The monoisotopic (exact) mass is 1150 g/mol. The SMILES string of the molecule is CC/C=C\C/C=C\C/C=C\C/C=C\C/C=C\C/C=C\C/C=C\CCCCCC(=O)OC(COC(=O)CCCCCCCCCCCCCCCCCCCCCC/C=C\C/C=C\C/C=C\C/C=C\CC)COC(OCC[N+](C)(C)C)C(=O)[O-]. The highest BCUT2D eigenvalue weighted by molar-refractivity contribution is 5.70. The van der Waals surface area contributed by atoms with Crippen molar-refractivity contribution >= 4 is 17.9 Å². The Kier molecular flexibility index (Phi) is 60.0. The first-order chi connectivity index (χ1) is 40.6.